The number of carbonyl (C=O) groups is 2. The third-order valence-corrected chi connectivity index (χ3v) is 6.81. The van der Waals surface area contributed by atoms with Gasteiger partial charge in [-0.05, 0) is 31.2 Å². The van der Waals surface area contributed by atoms with E-state index in [0.29, 0.717) is 19.1 Å². The molecule has 1 saturated carbocycles. The number of rotatable bonds is 4. The maximum atomic E-state index is 13.1. The Kier molecular flexibility index (Phi) is 7.57. The first kappa shape index (κ1) is 22.1. The first-order chi connectivity index (χ1) is 13.6. The molecule has 3 heterocycles. The fourth-order valence-corrected chi connectivity index (χ4v) is 5.08. The number of amides is 2. The summed E-state index contributed by atoms with van der Waals surface area (Å²) >= 11 is 0. The van der Waals surface area contributed by atoms with E-state index in [1.54, 1.807) is 4.68 Å². The van der Waals surface area contributed by atoms with Crippen molar-refractivity contribution in [2.45, 2.75) is 56.9 Å². The zero-order chi connectivity index (χ0) is 19.5. The third kappa shape index (κ3) is 5.12. The van der Waals surface area contributed by atoms with Gasteiger partial charge in [0, 0.05) is 57.3 Å². The van der Waals surface area contributed by atoms with E-state index in [1.165, 1.54) is 19.3 Å². The molecule has 3 aliphatic rings. The van der Waals surface area contributed by atoms with Crippen molar-refractivity contribution in [2.75, 3.05) is 26.2 Å². The predicted octanol–water partition coefficient (Wildman–Crippen LogP) is 1.83. The Balaban J connectivity index is 0.00000240. The van der Waals surface area contributed by atoms with E-state index in [1.807, 2.05) is 24.3 Å². The van der Waals surface area contributed by atoms with E-state index < -0.39 is 0 Å². The monoisotopic (exact) mass is 423 g/mol. The molecule has 2 amide bonds. The molecule has 0 spiro atoms. The van der Waals surface area contributed by atoms with Crippen LogP contribution >= 0.6 is 12.4 Å². The molecule has 2 aliphatic heterocycles. The van der Waals surface area contributed by atoms with Gasteiger partial charge >= 0.3 is 0 Å². The third-order valence-electron chi connectivity index (χ3n) is 6.81. The van der Waals surface area contributed by atoms with E-state index in [-0.39, 0.29) is 42.0 Å². The number of carbonyl (C=O) groups excluding carboxylic acids is 2. The van der Waals surface area contributed by atoms with Crippen molar-refractivity contribution < 1.29 is 9.59 Å². The average molecular weight is 424 g/mol. The molecular weight excluding hydrogens is 390 g/mol. The first-order valence-electron chi connectivity index (χ1n) is 10.9. The zero-order valence-electron chi connectivity index (χ0n) is 17.3. The van der Waals surface area contributed by atoms with Gasteiger partial charge in [0.15, 0.2) is 0 Å². The summed E-state index contributed by atoms with van der Waals surface area (Å²) in [5, 5.41) is 10.9. The van der Waals surface area contributed by atoms with Crippen molar-refractivity contribution in [1.29, 1.82) is 0 Å². The van der Waals surface area contributed by atoms with Gasteiger partial charge in [-0.25, -0.2) is 0 Å². The van der Waals surface area contributed by atoms with Crippen molar-refractivity contribution in [2.24, 2.45) is 18.9 Å². The second kappa shape index (κ2) is 9.94. The average Bonchev–Trinajstić information content (AvgIpc) is 3.37. The number of piperidine rings is 1. The van der Waals surface area contributed by atoms with Crippen LogP contribution in [-0.4, -0.2) is 58.7 Å². The molecule has 1 aliphatic carbocycles. The first-order valence-corrected chi connectivity index (χ1v) is 10.9. The molecule has 0 aromatic carbocycles. The van der Waals surface area contributed by atoms with Crippen LogP contribution < -0.4 is 10.6 Å². The van der Waals surface area contributed by atoms with E-state index in [9.17, 15) is 9.59 Å². The van der Waals surface area contributed by atoms with Gasteiger partial charge in [-0.1, -0.05) is 19.3 Å². The van der Waals surface area contributed by atoms with E-state index in [4.69, 9.17) is 0 Å². The summed E-state index contributed by atoms with van der Waals surface area (Å²) in [6.07, 6.45) is 11.4. The summed E-state index contributed by atoms with van der Waals surface area (Å²) in [6.45, 7) is 2.93. The van der Waals surface area contributed by atoms with Gasteiger partial charge in [0.25, 0.3) is 0 Å². The Bertz CT molecular complexity index is 695. The number of hydrogen-bond donors (Lipinski definition) is 2. The lowest BCUT2D eigenvalue weighted by molar-refractivity contribution is -0.139. The largest absolute Gasteiger partial charge is 0.353 e. The second-order valence-electron chi connectivity index (χ2n) is 8.76. The minimum atomic E-state index is -0.0307. The highest BCUT2D eigenvalue weighted by molar-refractivity contribution is 5.85. The topological polar surface area (TPSA) is 79.3 Å². The Morgan fingerprint density at radius 2 is 1.83 bits per heavy atom. The summed E-state index contributed by atoms with van der Waals surface area (Å²) < 4.78 is 1.80. The highest BCUT2D eigenvalue weighted by atomic mass is 35.5. The van der Waals surface area contributed by atoms with Gasteiger partial charge in [0.1, 0.15) is 0 Å². The van der Waals surface area contributed by atoms with Gasteiger partial charge in [-0.3, -0.25) is 14.3 Å². The van der Waals surface area contributed by atoms with Crippen molar-refractivity contribution in [3.8, 4) is 0 Å². The smallest absolute Gasteiger partial charge is 0.227 e. The SMILES string of the molecule is Cl.Cn1cc([C@H]2CNC[C@@H]2C(=O)N2CCC(C(=O)NC3CCCCC3)CC2)cn1. The van der Waals surface area contributed by atoms with E-state index >= 15 is 0 Å². The van der Waals surface area contributed by atoms with Crippen LogP contribution in [0.5, 0.6) is 0 Å². The Morgan fingerprint density at radius 3 is 2.48 bits per heavy atom. The standard InChI is InChI=1S/C21H33N5O2.ClH/c1-25-14-16(11-23-25)18-12-22-13-19(18)21(28)26-9-7-15(8-10-26)20(27)24-17-5-3-2-4-6-17;/h11,14-15,17-19,22H,2-10,12-13H2,1H3,(H,24,27);1H/t18-,19+;/m1./s1. The molecule has 0 radical (unpaired) electrons. The maximum absolute atomic E-state index is 13.1. The quantitative estimate of drug-likeness (QED) is 0.774. The summed E-state index contributed by atoms with van der Waals surface area (Å²) in [4.78, 5) is 27.7. The van der Waals surface area contributed by atoms with Gasteiger partial charge in [0.2, 0.25) is 11.8 Å². The van der Waals surface area contributed by atoms with Crippen LogP contribution in [0.4, 0.5) is 0 Å². The fourth-order valence-electron chi connectivity index (χ4n) is 5.08. The van der Waals surface area contributed by atoms with Gasteiger partial charge in [-0.15, -0.1) is 12.4 Å². The number of halogens is 1. The lowest BCUT2D eigenvalue weighted by Gasteiger charge is -2.34. The lowest BCUT2D eigenvalue weighted by Crippen LogP contribution is -2.47. The maximum Gasteiger partial charge on any atom is 0.227 e. The molecular formula is C21H34ClN5O2. The molecule has 162 valence electrons. The molecule has 1 aromatic rings. The van der Waals surface area contributed by atoms with Gasteiger partial charge in [0.05, 0.1) is 12.1 Å². The highest BCUT2D eigenvalue weighted by Crippen LogP contribution is 2.31. The molecule has 2 atom stereocenters. The molecule has 0 bridgehead atoms. The molecule has 2 N–H and O–H groups in total. The number of nitrogens with one attached hydrogen (secondary N) is 2. The van der Waals surface area contributed by atoms with Gasteiger partial charge in [-0.2, -0.15) is 5.10 Å². The normalized spacial score (nSPS) is 26.2. The minimum Gasteiger partial charge on any atom is -0.353 e. The van der Waals surface area contributed by atoms with Crippen LogP contribution in [0.3, 0.4) is 0 Å². The predicted molar refractivity (Wildman–Crippen MR) is 114 cm³/mol. The molecule has 8 heteroatoms. The van der Waals surface area contributed by atoms with Crippen LogP contribution in [0.1, 0.15) is 56.4 Å². The summed E-state index contributed by atoms with van der Waals surface area (Å²) in [5.41, 5.74) is 1.13. The number of nitrogens with zero attached hydrogens (tertiary/aromatic N) is 3. The van der Waals surface area contributed by atoms with Crippen LogP contribution in [-0.2, 0) is 16.6 Å². The molecule has 2 saturated heterocycles. The van der Waals surface area contributed by atoms with Crippen molar-refractivity contribution >= 4 is 24.2 Å². The Morgan fingerprint density at radius 1 is 1.10 bits per heavy atom. The van der Waals surface area contributed by atoms with E-state index in [2.05, 4.69) is 15.7 Å². The summed E-state index contributed by atoms with van der Waals surface area (Å²) in [5.74, 6) is 0.645. The molecule has 1 aromatic heterocycles. The molecule has 7 nitrogen and oxygen atoms in total. The number of aryl methyl sites for hydroxylation is 1. The lowest BCUT2D eigenvalue weighted by atomic mass is 9.88. The molecule has 0 unspecified atom stereocenters. The Hall–Kier alpha value is -1.60. The number of hydrogen-bond acceptors (Lipinski definition) is 4. The highest BCUT2D eigenvalue weighted by Gasteiger charge is 2.38. The van der Waals surface area contributed by atoms with Crippen LogP contribution in [0, 0.1) is 11.8 Å². The van der Waals surface area contributed by atoms with Crippen LogP contribution in [0.15, 0.2) is 12.4 Å². The second-order valence-corrected chi connectivity index (χ2v) is 8.76. The van der Waals surface area contributed by atoms with Crippen molar-refractivity contribution in [1.82, 2.24) is 25.3 Å². The molecule has 4 rings (SSSR count). The zero-order valence-corrected chi connectivity index (χ0v) is 18.1. The molecule has 29 heavy (non-hydrogen) atoms. The summed E-state index contributed by atoms with van der Waals surface area (Å²) in [7, 11) is 1.91. The van der Waals surface area contributed by atoms with Gasteiger partial charge < -0.3 is 15.5 Å². The van der Waals surface area contributed by atoms with E-state index in [0.717, 1.165) is 44.3 Å². The minimum absolute atomic E-state index is 0. The van der Waals surface area contributed by atoms with Crippen molar-refractivity contribution in [3.63, 3.8) is 0 Å². The van der Waals surface area contributed by atoms with Crippen LogP contribution in [0.25, 0.3) is 0 Å². The van der Waals surface area contributed by atoms with Crippen molar-refractivity contribution in [3.05, 3.63) is 18.0 Å². The summed E-state index contributed by atoms with van der Waals surface area (Å²) in [6, 6.07) is 0.366. The Labute approximate surface area is 179 Å². The molecule has 3 fully saturated rings. The number of likely N-dealkylation sites (tertiary alicyclic amines) is 1. The fraction of sp³-hybridized carbons (Fsp3) is 0.762. The number of aromatic nitrogens is 2. The van der Waals surface area contributed by atoms with Crippen LogP contribution in [0.2, 0.25) is 0 Å².